The van der Waals surface area contributed by atoms with Crippen molar-refractivity contribution in [3.63, 3.8) is 0 Å². The second-order valence-corrected chi connectivity index (χ2v) is 5.81. The highest BCUT2D eigenvalue weighted by molar-refractivity contribution is 5.44. The van der Waals surface area contributed by atoms with Crippen molar-refractivity contribution in [1.82, 2.24) is 15.1 Å². The number of nitrogens with zero attached hydrogens (tertiary/aromatic N) is 2. The van der Waals surface area contributed by atoms with Crippen LogP contribution in [0.3, 0.4) is 0 Å². The number of halogens is 1. The summed E-state index contributed by atoms with van der Waals surface area (Å²) in [6, 6.07) is 7.36. The van der Waals surface area contributed by atoms with E-state index in [4.69, 9.17) is 0 Å². The van der Waals surface area contributed by atoms with Gasteiger partial charge in [-0.1, -0.05) is 19.1 Å². The zero-order valence-electron chi connectivity index (χ0n) is 12.6. The molecular formula is C17H22FN3. The molecule has 0 bridgehead atoms. The molecule has 1 aliphatic rings. The van der Waals surface area contributed by atoms with Gasteiger partial charge in [0.15, 0.2) is 0 Å². The molecule has 1 N–H and O–H groups in total. The lowest BCUT2D eigenvalue weighted by atomic mass is 10.1. The molecule has 2 aromatic rings. The summed E-state index contributed by atoms with van der Waals surface area (Å²) >= 11 is 0. The van der Waals surface area contributed by atoms with E-state index in [0.29, 0.717) is 11.6 Å². The quantitative estimate of drug-likeness (QED) is 0.872. The van der Waals surface area contributed by atoms with Crippen molar-refractivity contribution in [2.24, 2.45) is 0 Å². The van der Waals surface area contributed by atoms with Crippen molar-refractivity contribution in [3.05, 3.63) is 47.5 Å². The molecule has 1 saturated carbocycles. The van der Waals surface area contributed by atoms with E-state index in [1.54, 1.807) is 10.7 Å². The molecule has 0 amide bonds. The molecule has 4 heteroatoms. The minimum Gasteiger partial charge on any atom is -0.310 e. The Morgan fingerprint density at radius 3 is 2.90 bits per heavy atom. The number of para-hydroxylation sites is 1. The van der Waals surface area contributed by atoms with Gasteiger partial charge >= 0.3 is 0 Å². The molecule has 112 valence electrons. The maximum absolute atomic E-state index is 14.4. The first-order valence-corrected chi connectivity index (χ1v) is 7.78. The molecule has 3 rings (SSSR count). The molecule has 1 atom stereocenters. The average Bonchev–Trinajstić information content (AvgIpc) is 3.23. The summed E-state index contributed by atoms with van der Waals surface area (Å²) < 4.78 is 16.1. The number of benzene rings is 1. The van der Waals surface area contributed by atoms with Gasteiger partial charge in [-0.25, -0.2) is 9.07 Å². The van der Waals surface area contributed by atoms with Crippen LogP contribution in [0.5, 0.6) is 0 Å². The standard InChI is InChI=1S/C17H22FN3/c1-3-10-19-12(2)14-5-4-6-15(18)17(14)21-11-9-16(20-21)13-7-8-13/h4-6,9,11-13,19H,3,7-8,10H2,1-2H3. The molecule has 1 heterocycles. The van der Waals surface area contributed by atoms with Crippen LogP contribution in [-0.2, 0) is 0 Å². The van der Waals surface area contributed by atoms with Crippen LogP contribution in [0.4, 0.5) is 4.39 Å². The van der Waals surface area contributed by atoms with Gasteiger partial charge in [0.05, 0.1) is 5.69 Å². The first-order chi connectivity index (χ1) is 10.2. The molecule has 1 aromatic heterocycles. The molecule has 0 aliphatic heterocycles. The largest absolute Gasteiger partial charge is 0.310 e. The van der Waals surface area contributed by atoms with E-state index in [1.807, 2.05) is 18.3 Å². The molecule has 0 radical (unpaired) electrons. The highest BCUT2D eigenvalue weighted by atomic mass is 19.1. The van der Waals surface area contributed by atoms with Gasteiger partial charge in [-0.15, -0.1) is 0 Å². The van der Waals surface area contributed by atoms with Crippen molar-refractivity contribution < 1.29 is 4.39 Å². The monoisotopic (exact) mass is 287 g/mol. The molecule has 0 saturated heterocycles. The van der Waals surface area contributed by atoms with Crippen LogP contribution in [0, 0.1) is 5.82 Å². The Balaban J connectivity index is 1.95. The van der Waals surface area contributed by atoms with Gasteiger partial charge in [-0.05, 0) is 50.4 Å². The molecule has 21 heavy (non-hydrogen) atoms. The Hall–Kier alpha value is -1.68. The topological polar surface area (TPSA) is 29.9 Å². The van der Waals surface area contributed by atoms with Gasteiger partial charge in [0, 0.05) is 18.2 Å². The van der Waals surface area contributed by atoms with Crippen LogP contribution in [0.1, 0.15) is 56.3 Å². The van der Waals surface area contributed by atoms with E-state index in [0.717, 1.165) is 24.2 Å². The van der Waals surface area contributed by atoms with Crippen LogP contribution < -0.4 is 5.32 Å². The van der Waals surface area contributed by atoms with Crippen LogP contribution in [0.2, 0.25) is 0 Å². The zero-order valence-corrected chi connectivity index (χ0v) is 12.6. The van der Waals surface area contributed by atoms with Crippen LogP contribution >= 0.6 is 0 Å². The van der Waals surface area contributed by atoms with Crippen molar-refractivity contribution in [2.45, 2.75) is 45.1 Å². The SMILES string of the molecule is CCCNC(C)c1cccc(F)c1-n1ccc(C2CC2)n1. The summed E-state index contributed by atoms with van der Waals surface area (Å²) in [6.45, 7) is 5.12. The molecule has 0 spiro atoms. The smallest absolute Gasteiger partial charge is 0.149 e. The summed E-state index contributed by atoms with van der Waals surface area (Å²) in [5, 5.41) is 8.00. The number of hydrogen-bond donors (Lipinski definition) is 1. The molecule has 1 unspecified atom stereocenters. The third kappa shape index (κ3) is 3.00. The van der Waals surface area contributed by atoms with Crippen molar-refractivity contribution >= 4 is 0 Å². The number of aromatic nitrogens is 2. The normalized spacial score (nSPS) is 16.1. The second-order valence-electron chi connectivity index (χ2n) is 5.81. The van der Waals surface area contributed by atoms with Crippen LogP contribution in [0.15, 0.2) is 30.5 Å². The third-order valence-corrected chi connectivity index (χ3v) is 4.02. The van der Waals surface area contributed by atoms with E-state index in [2.05, 4.69) is 24.3 Å². The van der Waals surface area contributed by atoms with Crippen LogP contribution in [-0.4, -0.2) is 16.3 Å². The van der Waals surface area contributed by atoms with E-state index in [1.165, 1.54) is 18.9 Å². The first-order valence-electron chi connectivity index (χ1n) is 7.78. The van der Waals surface area contributed by atoms with Crippen molar-refractivity contribution in [2.75, 3.05) is 6.54 Å². The van der Waals surface area contributed by atoms with Gasteiger partial charge in [0.1, 0.15) is 11.5 Å². The van der Waals surface area contributed by atoms with E-state index in [9.17, 15) is 4.39 Å². The lowest BCUT2D eigenvalue weighted by Crippen LogP contribution is -2.21. The van der Waals surface area contributed by atoms with Gasteiger partial charge in [-0.2, -0.15) is 5.10 Å². The molecule has 1 aromatic carbocycles. The Morgan fingerprint density at radius 2 is 2.19 bits per heavy atom. The molecular weight excluding hydrogens is 265 g/mol. The van der Waals surface area contributed by atoms with E-state index < -0.39 is 0 Å². The van der Waals surface area contributed by atoms with Gasteiger partial charge < -0.3 is 5.32 Å². The van der Waals surface area contributed by atoms with Crippen molar-refractivity contribution in [1.29, 1.82) is 0 Å². The van der Waals surface area contributed by atoms with E-state index >= 15 is 0 Å². The Labute approximate surface area is 125 Å². The Morgan fingerprint density at radius 1 is 1.38 bits per heavy atom. The van der Waals surface area contributed by atoms with Gasteiger partial charge in [0.25, 0.3) is 0 Å². The average molecular weight is 287 g/mol. The maximum atomic E-state index is 14.4. The predicted octanol–water partition coefficient (Wildman–Crippen LogP) is 3.95. The highest BCUT2D eigenvalue weighted by Gasteiger charge is 2.26. The lowest BCUT2D eigenvalue weighted by molar-refractivity contribution is 0.552. The number of nitrogens with one attached hydrogen (secondary N) is 1. The first kappa shape index (κ1) is 14.3. The molecule has 1 fully saturated rings. The van der Waals surface area contributed by atoms with Gasteiger partial charge in [0.2, 0.25) is 0 Å². The predicted molar refractivity (Wildman–Crippen MR) is 82.2 cm³/mol. The maximum Gasteiger partial charge on any atom is 0.149 e. The molecule has 1 aliphatic carbocycles. The summed E-state index contributed by atoms with van der Waals surface area (Å²) in [7, 11) is 0. The molecule has 3 nitrogen and oxygen atoms in total. The summed E-state index contributed by atoms with van der Waals surface area (Å²) in [4.78, 5) is 0. The Kier molecular flexibility index (Phi) is 4.06. The fraction of sp³-hybridized carbons (Fsp3) is 0.471. The van der Waals surface area contributed by atoms with Gasteiger partial charge in [-0.3, -0.25) is 0 Å². The lowest BCUT2D eigenvalue weighted by Gasteiger charge is -2.18. The summed E-state index contributed by atoms with van der Waals surface area (Å²) in [6.07, 6.45) is 5.34. The zero-order chi connectivity index (χ0) is 14.8. The fourth-order valence-electron chi connectivity index (χ4n) is 2.65. The Bertz CT molecular complexity index is 616. The minimum absolute atomic E-state index is 0.101. The number of hydrogen-bond acceptors (Lipinski definition) is 2. The van der Waals surface area contributed by atoms with Crippen molar-refractivity contribution in [3.8, 4) is 5.69 Å². The summed E-state index contributed by atoms with van der Waals surface area (Å²) in [5.74, 6) is 0.361. The third-order valence-electron chi connectivity index (χ3n) is 4.02. The summed E-state index contributed by atoms with van der Waals surface area (Å²) in [5.41, 5.74) is 2.60. The fourth-order valence-corrected chi connectivity index (χ4v) is 2.65. The second kappa shape index (κ2) is 5.98. The minimum atomic E-state index is -0.219. The van der Waals surface area contributed by atoms with E-state index in [-0.39, 0.29) is 11.9 Å². The number of rotatable bonds is 6. The highest BCUT2D eigenvalue weighted by Crippen LogP contribution is 2.39. The van der Waals surface area contributed by atoms with Crippen LogP contribution in [0.25, 0.3) is 5.69 Å².